The molecule has 6 aliphatic carbocycles. The minimum Gasteiger partial charge on any atom is -0.481 e. The Labute approximate surface area is 355 Å². The van der Waals surface area contributed by atoms with Crippen molar-refractivity contribution in [2.24, 2.45) is 56.2 Å². The zero-order valence-corrected chi connectivity index (χ0v) is 38.6. The normalized spacial score (nSPS) is 36.4. The van der Waals surface area contributed by atoms with Crippen LogP contribution in [0.15, 0.2) is 35.4 Å². The van der Waals surface area contributed by atoms with E-state index in [4.69, 9.17) is 16.3 Å². The molecule has 0 spiro atoms. The summed E-state index contributed by atoms with van der Waals surface area (Å²) in [6, 6.07) is 8.57. The molecule has 0 bridgehead atoms. The number of nitrogens with zero attached hydrogens (tertiary/aromatic N) is 2. The van der Waals surface area contributed by atoms with E-state index >= 15 is 0 Å². The number of esters is 1. The minimum absolute atomic E-state index is 0.0492. The second-order valence-electron chi connectivity index (χ2n) is 22.8. The Bertz CT molecular complexity index is 1810. The average Bonchev–Trinajstić information content (AvgIpc) is 3.86. The third kappa shape index (κ3) is 6.95. The summed E-state index contributed by atoms with van der Waals surface area (Å²) < 4.78 is 6.23. The van der Waals surface area contributed by atoms with Gasteiger partial charge in [-0.3, -0.25) is 19.3 Å². The number of ether oxygens (including phenoxy) is 1. The lowest BCUT2D eigenvalue weighted by molar-refractivity contribution is -0.233. The topological polar surface area (TPSA) is 87.2 Å². The van der Waals surface area contributed by atoms with Crippen molar-refractivity contribution in [2.45, 2.75) is 157 Å². The molecule has 8 unspecified atom stereocenters. The molecule has 8 atom stereocenters. The van der Waals surface area contributed by atoms with Crippen molar-refractivity contribution in [1.29, 1.82) is 0 Å². The Hall–Kier alpha value is -2.22. The first-order chi connectivity index (χ1) is 27.0. The molecule has 0 radical (unpaired) electrons. The number of carboxylic acid groups (broad SMARTS) is 1. The molecule has 0 saturated heterocycles. The standard InChI is InChI=1S/C50H75ClN2O5/c1-32(2)41-36(54)30-49(26-27-53(29-28-52(10)11)50(24-25-50)33-12-14-34(51)15-13-33)23-22-47(8)35(42(41)49)16-17-38-46(7)20-19-39(58-40(55)31-44(3,4)43(56)57)45(5,6)37(46)18-21-48(38,47)9/h12-15,32,35,37-39H,16-31H2,1-11H3,(H,56,57). The zero-order valence-electron chi connectivity index (χ0n) is 37.9. The fourth-order valence-electron chi connectivity index (χ4n) is 14.7. The van der Waals surface area contributed by atoms with Crippen LogP contribution in [0.2, 0.25) is 5.02 Å². The van der Waals surface area contributed by atoms with E-state index in [-0.39, 0.29) is 51.1 Å². The van der Waals surface area contributed by atoms with E-state index in [2.05, 4.69) is 84.5 Å². The summed E-state index contributed by atoms with van der Waals surface area (Å²) in [5.74, 6) is 0.627. The van der Waals surface area contributed by atoms with Crippen LogP contribution in [0.5, 0.6) is 0 Å². The lowest BCUT2D eigenvalue weighted by atomic mass is 9.33. The number of carbonyl (C=O) groups is 3. The monoisotopic (exact) mass is 819 g/mol. The van der Waals surface area contributed by atoms with E-state index in [1.54, 1.807) is 19.4 Å². The number of likely N-dealkylation sites (N-methyl/N-ethyl adjacent to an activating group) is 1. The van der Waals surface area contributed by atoms with Crippen molar-refractivity contribution >= 4 is 29.3 Å². The van der Waals surface area contributed by atoms with E-state index in [9.17, 15) is 19.5 Å². The van der Waals surface area contributed by atoms with Gasteiger partial charge in [-0.1, -0.05) is 77.8 Å². The van der Waals surface area contributed by atoms with Crippen molar-refractivity contribution in [3.63, 3.8) is 0 Å². The van der Waals surface area contributed by atoms with Crippen LogP contribution >= 0.6 is 11.6 Å². The molecule has 0 aliphatic heterocycles. The maximum absolute atomic E-state index is 14.4. The minimum atomic E-state index is -1.15. The predicted molar refractivity (Wildman–Crippen MR) is 232 cm³/mol. The van der Waals surface area contributed by atoms with Gasteiger partial charge in [-0.2, -0.15) is 0 Å². The van der Waals surface area contributed by atoms with Crippen LogP contribution in [0.1, 0.15) is 151 Å². The summed E-state index contributed by atoms with van der Waals surface area (Å²) in [7, 11) is 4.34. The number of Topliss-reactive ketones (excluding diaryl/α,β-unsaturated/α-hetero) is 1. The molecule has 7 nitrogen and oxygen atoms in total. The SMILES string of the molecule is CC(C)C1=C2C3CCC4C5(C)CCC(OC(=O)CC(C)(C)C(=O)O)C(C)(C)C5CCC4(C)C3(C)CCC2(CCN(CCN(C)C)C2(c3ccc(Cl)cc3)CC2)CC1=O. The lowest BCUT2D eigenvalue weighted by Crippen LogP contribution is -2.65. The van der Waals surface area contributed by atoms with Crippen LogP contribution in [-0.2, 0) is 24.7 Å². The van der Waals surface area contributed by atoms with Crippen LogP contribution in [0, 0.1) is 56.2 Å². The third-order valence-corrected chi connectivity index (χ3v) is 18.6. The van der Waals surface area contributed by atoms with Gasteiger partial charge < -0.3 is 14.7 Å². The van der Waals surface area contributed by atoms with Gasteiger partial charge in [0, 0.05) is 40.9 Å². The number of rotatable bonds is 13. The van der Waals surface area contributed by atoms with E-state index in [0.717, 1.165) is 88.9 Å². The highest BCUT2D eigenvalue weighted by Crippen LogP contribution is 2.77. The van der Waals surface area contributed by atoms with Gasteiger partial charge in [0.1, 0.15) is 6.10 Å². The van der Waals surface area contributed by atoms with Crippen molar-refractivity contribution in [2.75, 3.05) is 33.7 Å². The molecule has 0 aromatic heterocycles. The molecule has 5 saturated carbocycles. The van der Waals surface area contributed by atoms with E-state index in [1.165, 1.54) is 17.6 Å². The maximum atomic E-state index is 14.4. The van der Waals surface area contributed by atoms with Gasteiger partial charge in [0.2, 0.25) is 0 Å². The van der Waals surface area contributed by atoms with Gasteiger partial charge in [-0.25, -0.2) is 0 Å². The molecule has 1 aromatic carbocycles. The van der Waals surface area contributed by atoms with Crippen LogP contribution in [0.3, 0.4) is 0 Å². The summed E-state index contributed by atoms with van der Waals surface area (Å²) in [4.78, 5) is 44.5. The van der Waals surface area contributed by atoms with Gasteiger partial charge in [0.15, 0.2) is 5.78 Å². The molecule has 6 aliphatic rings. The van der Waals surface area contributed by atoms with Crippen molar-refractivity contribution in [3.05, 3.63) is 46.0 Å². The number of ketones is 1. The molecular formula is C50H75ClN2O5. The number of fused-ring (bicyclic) bond motifs is 7. The Balaban J connectivity index is 1.16. The number of allylic oxidation sites excluding steroid dienone is 2. The Kier molecular flexibility index (Phi) is 11.3. The van der Waals surface area contributed by atoms with Gasteiger partial charge in [0.25, 0.3) is 0 Å². The molecule has 322 valence electrons. The number of aliphatic carboxylic acids is 1. The summed E-state index contributed by atoms with van der Waals surface area (Å²) in [5, 5.41) is 10.5. The number of carboxylic acids is 1. The molecule has 5 fully saturated rings. The Morgan fingerprint density at radius 1 is 0.862 bits per heavy atom. The highest BCUT2D eigenvalue weighted by molar-refractivity contribution is 6.30. The highest BCUT2D eigenvalue weighted by atomic mass is 35.5. The summed E-state index contributed by atoms with van der Waals surface area (Å²) in [6.45, 7) is 23.2. The van der Waals surface area contributed by atoms with Crippen LogP contribution in [0.4, 0.5) is 0 Å². The number of halogens is 1. The van der Waals surface area contributed by atoms with E-state index in [1.807, 2.05) is 12.1 Å². The molecule has 0 heterocycles. The quantitative estimate of drug-likeness (QED) is 0.198. The lowest BCUT2D eigenvalue weighted by Gasteiger charge is -2.72. The number of benzene rings is 1. The summed E-state index contributed by atoms with van der Waals surface area (Å²) in [6.07, 6.45) is 12.3. The molecule has 1 aromatic rings. The molecular weight excluding hydrogens is 744 g/mol. The molecule has 1 N–H and O–H groups in total. The number of hydrogen-bond acceptors (Lipinski definition) is 6. The van der Waals surface area contributed by atoms with Gasteiger partial charge in [0.05, 0.1) is 11.8 Å². The first-order valence-electron chi connectivity index (χ1n) is 22.8. The van der Waals surface area contributed by atoms with Crippen molar-refractivity contribution in [3.8, 4) is 0 Å². The predicted octanol–water partition coefficient (Wildman–Crippen LogP) is 11.0. The van der Waals surface area contributed by atoms with Crippen LogP contribution in [-0.4, -0.2) is 72.5 Å². The fourth-order valence-corrected chi connectivity index (χ4v) is 14.9. The molecule has 0 amide bonds. The molecule has 8 heteroatoms. The summed E-state index contributed by atoms with van der Waals surface area (Å²) in [5.41, 5.74) is 3.05. The average molecular weight is 820 g/mol. The van der Waals surface area contributed by atoms with Crippen LogP contribution in [0.25, 0.3) is 0 Å². The van der Waals surface area contributed by atoms with E-state index < -0.39 is 17.4 Å². The smallest absolute Gasteiger partial charge is 0.309 e. The van der Waals surface area contributed by atoms with Gasteiger partial charge in [-0.15, -0.1) is 0 Å². The van der Waals surface area contributed by atoms with Crippen LogP contribution < -0.4 is 0 Å². The maximum Gasteiger partial charge on any atom is 0.309 e. The fraction of sp³-hybridized carbons (Fsp3) is 0.780. The molecule has 7 rings (SSSR count). The largest absolute Gasteiger partial charge is 0.481 e. The highest BCUT2D eigenvalue weighted by Gasteiger charge is 2.70. The Morgan fingerprint density at radius 3 is 2.14 bits per heavy atom. The number of carbonyl (C=O) groups excluding carboxylic acids is 2. The number of hydrogen-bond donors (Lipinski definition) is 1. The molecule has 58 heavy (non-hydrogen) atoms. The Morgan fingerprint density at radius 2 is 1.53 bits per heavy atom. The second kappa shape index (κ2) is 15.0. The first kappa shape index (κ1) is 43.9. The first-order valence-corrected chi connectivity index (χ1v) is 23.2. The third-order valence-electron chi connectivity index (χ3n) is 18.3. The van der Waals surface area contributed by atoms with Crippen molar-refractivity contribution in [1.82, 2.24) is 9.80 Å². The zero-order chi connectivity index (χ0) is 42.4. The summed E-state index contributed by atoms with van der Waals surface area (Å²) >= 11 is 6.37. The van der Waals surface area contributed by atoms with Gasteiger partial charge in [-0.05, 0) is 168 Å². The van der Waals surface area contributed by atoms with E-state index in [0.29, 0.717) is 30.0 Å². The van der Waals surface area contributed by atoms with Gasteiger partial charge >= 0.3 is 11.9 Å². The second-order valence-corrected chi connectivity index (χ2v) is 23.2. The van der Waals surface area contributed by atoms with Crippen molar-refractivity contribution < 1.29 is 24.2 Å².